The van der Waals surface area contributed by atoms with Crippen molar-refractivity contribution in [3.8, 4) is 11.4 Å². The molecule has 2 aromatic carbocycles. The van der Waals surface area contributed by atoms with Gasteiger partial charge in [-0.3, -0.25) is 14.9 Å². The first kappa shape index (κ1) is 19.3. The zero-order valence-corrected chi connectivity index (χ0v) is 16.4. The summed E-state index contributed by atoms with van der Waals surface area (Å²) in [5.41, 5.74) is 3.86. The SMILES string of the molecule is O=C(Cc1cccc(NCc2nc(-c3ccncc3)n[nH]2)c1)NCc1ccccc1. The highest BCUT2D eigenvalue weighted by Gasteiger charge is 2.07. The number of hydrogen-bond donors (Lipinski definition) is 3. The molecule has 0 fully saturated rings. The summed E-state index contributed by atoms with van der Waals surface area (Å²) in [5, 5.41) is 13.5. The largest absolute Gasteiger partial charge is 0.378 e. The number of carbonyl (C=O) groups is 1. The third-order valence-electron chi connectivity index (χ3n) is 4.55. The molecule has 4 rings (SSSR count). The Morgan fingerprint density at radius 3 is 2.53 bits per heavy atom. The van der Waals surface area contributed by atoms with Crippen molar-refractivity contribution in [3.05, 3.63) is 96.1 Å². The van der Waals surface area contributed by atoms with E-state index in [1.54, 1.807) is 12.4 Å². The van der Waals surface area contributed by atoms with Crippen LogP contribution in [0.4, 0.5) is 5.69 Å². The zero-order chi connectivity index (χ0) is 20.6. The predicted molar refractivity (Wildman–Crippen MR) is 115 cm³/mol. The van der Waals surface area contributed by atoms with Gasteiger partial charge in [0, 0.05) is 30.2 Å². The van der Waals surface area contributed by atoms with Crippen LogP contribution in [-0.2, 0) is 24.3 Å². The Labute approximate surface area is 174 Å². The number of rotatable bonds is 8. The summed E-state index contributed by atoms with van der Waals surface area (Å²) in [6.45, 7) is 1.03. The third-order valence-corrected chi connectivity index (χ3v) is 4.55. The van der Waals surface area contributed by atoms with Crippen molar-refractivity contribution < 1.29 is 4.79 Å². The highest BCUT2D eigenvalue weighted by Crippen LogP contribution is 2.15. The Bertz CT molecular complexity index is 1090. The second-order valence-electron chi connectivity index (χ2n) is 6.83. The van der Waals surface area contributed by atoms with Crippen LogP contribution < -0.4 is 10.6 Å². The van der Waals surface area contributed by atoms with E-state index in [-0.39, 0.29) is 5.91 Å². The second kappa shape index (κ2) is 9.47. The molecule has 7 nitrogen and oxygen atoms in total. The van der Waals surface area contributed by atoms with Gasteiger partial charge in [-0.2, -0.15) is 5.10 Å². The molecule has 150 valence electrons. The van der Waals surface area contributed by atoms with Crippen molar-refractivity contribution in [2.75, 3.05) is 5.32 Å². The third kappa shape index (κ3) is 5.29. The molecular weight excluding hydrogens is 376 g/mol. The van der Waals surface area contributed by atoms with E-state index in [2.05, 4.69) is 30.8 Å². The lowest BCUT2D eigenvalue weighted by Gasteiger charge is -2.08. The van der Waals surface area contributed by atoms with Crippen molar-refractivity contribution in [3.63, 3.8) is 0 Å². The van der Waals surface area contributed by atoms with E-state index >= 15 is 0 Å². The Hall–Kier alpha value is -4.00. The molecule has 4 aromatic rings. The fraction of sp³-hybridized carbons (Fsp3) is 0.130. The quantitative estimate of drug-likeness (QED) is 0.423. The van der Waals surface area contributed by atoms with E-state index < -0.39 is 0 Å². The minimum absolute atomic E-state index is 0.00627. The van der Waals surface area contributed by atoms with E-state index in [1.807, 2.05) is 66.7 Å². The fourth-order valence-corrected chi connectivity index (χ4v) is 3.03. The molecule has 0 saturated carbocycles. The number of pyridine rings is 1. The molecule has 0 aliphatic rings. The van der Waals surface area contributed by atoms with E-state index in [0.717, 1.165) is 28.2 Å². The molecule has 0 bridgehead atoms. The van der Waals surface area contributed by atoms with Crippen LogP contribution >= 0.6 is 0 Å². The number of anilines is 1. The Morgan fingerprint density at radius 1 is 0.900 bits per heavy atom. The maximum Gasteiger partial charge on any atom is 0.224 e. The molecule has 0 aliphatic heterocycles. The lowest BCUT2D eigenvalue weighted by atomic mass is 10.1. The van der Waals surface area contributed by atoms with Crippen LogP contribution in [0.1, 0.15) is 17.0 Å². The average molecular weight is 398 g/mol. The zero-order valence-electron chi connectivity index (χ0n) is 16.4. The first-order chi connectivity index (χ1) is 14.8. The summed E-state index contributed by atoms with van der Waals surface area (Å²) in [5.74, 6) is 1.36. The first-order valence-electron chi connectivity index (χ1n) is 9.71. The average Bonchev–Trinajstić information content (AvgIpc) is 3.27. The standard InChI is InChI=1S/C23H22N6O/c30-22(26-15-17-5-2-1-3-6-17)14-18-7-4-8-20(13-18)25-16-21-27-23(29-28-21)19-9-11-24-12-10-19/h1-13,25H,14-16H2,(H,26,30)(H,27,28,29). The molecule has 7 heteroatoms. The van der Waals surface area contributed by atoms with Crippen molar-refractivity contribution in [2.45, 2.75) is 19.5 Å². The molecule has 3 N–H and O–H groups in total. The predicted octanol–water partition coefficient (Wildman–Crippen LogP) is 3.34. The molecular formula is C23H22N6O. The maximum absolute atomic E-state index is 12.3. The number of carbonyl (C=O) groups excluding carboxylic acids is 1. The first-order valence-corrected chi connectivity index (χ1v) is 9.71. The van der Waals surface area contributed by atoms with Gasteiger partial charge in [-0.15, -0.1) is 0 Å². The molecule has 2 heterocycles. The summed E-state index contributed by atoms with van der Waals surface area (Å²) < 4.78 is 0. The van der Waals surface area contributed by atoms with Crippen LogP contribution in [0.25, 0.3) is 11.4 Å². The topological polar surface area (TPSA) is 95.6 Å². The number of aromatic nitrogens is 4. The smallest absolute Gasteiger partial charge is 0.224 e. The molecule has 0 atom stereocenters. The van der Waals surface area contributed by atoms with Gasteiger partial charge >= 0.3 is 0 Å². The number of nitrogens with one attached hydrogen (secondary N) is 3. The Kier molecular flexibility index (Phi) is 6.10. The Morgan fingerprint density at radius 2 is 1.70 bits per heavy atom. The van der Waals surface area contributed by atoms with Crippen LogP contribution in [0.5, 0.6) is 0 Å². The highest BCUT2D eigenvalue weighted by molar-refractivity contribution is 5.78. The summed E-state index contributed by atoms with van der Waals surface area (Å²) >= 11 is 0. The highest BCUT2D eigenvalue weighted by atomic mass is 16.1. The van der Waals surface area contributed by atoms with Gasteiger partial charge in [0.2, 0.25) is 5.91 Å². The van der Waals surface area contributed by atoms with Gasteiger partial charge < -0.3 is 10.6 Å². The van der Waals surface area contributed by atoms with Crippen LogP contribution in [0, 0.1) is 0 Å². The van der Waals surface area contributed by atoms with Gasteiger partial charge in [0.1, 0.15) is 5.82 Å². The number of nitrogens with zero attached hydrogens (tertiary/aromatic N) is 3. The van der Waals surface area contributed by atoms with E-state index in [0.29, 0.717) is 25.3 Å². The number of H-pyrrole nitrogens is 1. The van der Waals surface area contributed by atoms with Crippen LogP contribution in [-0.4, -0.2) is 26.1 Å². The fourth-order valence-electron chi connectivity index (χ4n) is 3.03. The van der Waals surface area contributed by atoms with Crippen molar-refractivity contribution in [1.29, 1.82) is 0 Å². The van der Waals surface area contributed by atoms with Gasteiger partial charge in [-0.1, -0.05) is 42.5 Å². The monoisotopic (exact) mass is 398 g/mol. The van der Waals surface area contributed by atoms with Gasteiger partial charge in [-0.05, 0) is 35.4 Å². The molecule has 0 saturated heterocycles. The lowest BCUT2D eigenvalue weighted by Crippen LogP contribution is -2.24. The van der Waals surface area contributed by atoms with Crippen molar-refractivity contribution in [2.24, 2.45) is 0 Å². The summed E-state index contributed by atoms with van der Waals surface area (Å²) in [6.07, 6.45) is 3.76. The number of aromatic amines is 1. The number of amides is 1. The van der Waals surface area contributed by atoms with Gasteiger partial charge in [0.25, 0.3) is 0 Å². The molecule has 0 aliphatic carbocycles. The Balaban J connectivity index is 1.30. The van der Waals surface area contributed by atoms with Crippen molar-refractivity contribution >= 4 is 11.6 Å². The van der Waals surface area contributed by atoms with E-state index in [4.69, 9.17) is 0 Å². The number of hydrogen-bond acceptors (Lipinski definition) is 5. The molecule has 2 aromatic heterocycles. The van der Waals surface area contributed by atoms with Gasteiger partial charge in [-0.25, -0.2) is 4.98 Å². The van der Waals surface area contributed by atoms with Crippen LogP contribution in [0.2, 0.25) is 0 Å². The van der Waals surface area contributed by atoms with Gasteiger partial charge in [0.15, 0.2) is 5.82 Å². The molecule has 0 radical (unpaired) electrons. The molecule has 0 spiro atoms. The van der Waals surface area contributed by atoms with Crippen molar-refractivity contribution in [1.82, 2.24) is 25.5 Å². The van der Waals surface area contributed by atoms with Crippen LogP contribution in [0.3, 0.4) is 0 Å². The molecule has 0 unspecified atom stereocenters. The van der Waals surface area contributed by atoms with Gasteiger partial charge in [0.05, 0.1) is 13.0 Å². The summed E-state index contributed by atoms with van der Waals surface area (Å²) in [6, 6.07) is 21.4. The normalized spacial score (nSPS) is 10.5. The van der Waals surface area contributed by atoms with Crippen LogP contribution in [0.15, 0.2) is 79.1 Å². The molecule has 30 heavy (non-hydrogen) atoms. The molecule has 1 amide bonds. The lowest BCUT2D eigenvalue weighted by molar-refractivity contribution is -0.120. The second-order valence-corrected chi connectivity index (χ2v) is 6.83. The van der Waals surface area contributed by atoms with E-state index in [9.17, 15) is 4.79 Å². The van der Waals surface area contributed by atoms with E-state index in [1.165, 1.54) is 0 Å². The minimum atomic E-state index is -0.00627. The summed E-state index contributed by atoms with van der Waals surface area (Å²) in [4.78, 5) is 20.8. The summed E-state index contributed by atoms with van der Waals surface area (Å²) in [7, 11) is 0. The minimum Gasteiger partial charge on any atom is -0.378 e. The maximum atomic E-state index is 12.3. The number of benzene rings is 2.